The van der Waals surface area contributed by atoms with Crippen LogP contribution >= 0.6 is 0 Å². The highest BCUT2D eigenvalue weighted by Gasteiger charge is 2.35. The van der Waals surface area contributed by atoms with E-state index in [1.165, 1.54) is 12.8 Å². The van der Waals surface area contributed by atoms with Gasteiger partial charge in [0.05, 0.1) is 14.2 Å². The zero-order chi connectivity index (χ0) is 16.2. The summed E-state index contributed by atoms with van der Waals surface area (Å²) in [6.07, 6.45) is 4.13. The van der Waals surface area contributed by atoms with Crippen LogP contribution < -0.4 is 19.9 Å². The molecule has 0 bridgehead atoms. The smallest absolute Gasteiger partial charge is 0.212 e. The van der Waals surface area contributed by atoms with Gasteiger partial charge in [0.2, 0.25) is 5.88 Å². The van der Waals surface area contributed by atoms with Gasteiger partial charge in [0, 0.05) is 30.3 Å². The molecule has 0 amide bonds. The molecule has 2 N–H and O–H groups in total. The normalized spacial score (nSPS) is 15.1. The Balaban J connectivity index is 1.85. The molecule has 1 saturated carbocycles. The molecule has 1 aliphatic rings. The molecule has 1 fully saturated rings. The Morgan fingerprint density at radius 3 is 2.52 bits per heavy atom. The lowest BCUT2D eigenvalue weighted by Gasteiger charge is -2.21. The fourth-order valence-corrected chi connectivity index (χ4v) is 2.59. The van der Waals surface area contributed by atoms with Crippen LogP contribution in [0.4, 0.5) is 0 Å². The Bertz CT molecular complexity index is 654. The molecule has 0 spiro atoms. The maximum atomic E-state index is 6.27. The highest BCUT2D eigenvalue weighted by Crippen LogP contribution is 2.45. The first kappa shape index (κ1) is 15.6. The summed E-state index contributed by atoms with van der Waals surface area (Å²) in [4.78, 5) is 4.29. The molecule has 5 nitrogen and oxygen atoms in total. The van der Waals surface area contributed by atoms with Crippen LogP contribution in [0.15, 0.2) is 36.5 Å². The number of ether oxygens (including phenoxy) is 3. The minimum Gasteiger partial charge on any atom is -0.493 e. The van der Waals surface area contributed by atoms with E-state index in [0.717, 1.165) is 16.9 Å². The molecule has 122 valence electrons. The minimum atomic E-state index is -0.0222. The van der Waals surface area contributed by atoms with Gasteiger partial charge in [-0.15, -0.1) is 0 Å². The third kappa shape index (κ3) is 3.56. The summed E-state index contributed by atoms with van der Waals surface area (Å²) in [6.45, 7) is 0.477. The van der Waals surface area contributed by atoms with E-state index in [1.54, 1.807) is 14.2 Å². The fourth-order valence-electron chi connectivity index (χ4n) is 2.59. The van der Waals surface area contributed by atoms with Crippen LogP contribution in [0.3, 0.4) is 0 Å². The number of nitrogens with zero attached hydrogens (tertiary/aromatic N) is 1. The third-order valence-corrected chi connectivity index (χ3v) is 4.06. The van der Waals surface area contributed by atoms with Gasteiger partial charge in [0.1, 0.15) is 6.10 Å². The van der Waals surface area contributed by atoms with Crippen molar-refractivity contribution in [2.45, 2.75) is 25.5 Å². The zero-order valence-electron chi connectivity index (χ0n) is 13.5. The van der Waals surface area contributed by atoms with E-state index in [-0.39, 0.29) is 6.10 Å². The lowest BCUT2D eigenvalue weighted by Crippen LogP contribution is -2.11. The van der Waals surface area contributed by atoms with Gasteiger partial charge in [0.15, 0.2) is 11.5 Å². The van der Waals surface area contributed by atoms with E-state index < -0.39 is 0 Å². The van der Waals surface area contributed by atoms with Crippen molar-refractivity contribution in [2.24, 2.45) is 11.7 Å². The Hall–Kier alpha value is -2.27. The van der Waals surface area contributed by atoms with Gasteiger partial charge < -0.3 is 19.9 Å². The molecule has 1 aliphatic carbocycles. The second-order valence-electron chi connectivity index (χ2n) is 5.70. The molecule has 1 atom stereocenters. The summed E-state index contributed by atoms with van der Waals surface area (Å²) in [5, 5.41) is 0. The van der Waals surface area contributed by atoms with E-state index in [4.69, 9.17) is 19.9 Å². The average Bonchev–Trinajstić information content (AvgIpc) is 3.44. The van der Waals surface area contributed by atoms with Crippen LogP contribution in [0.25, 0.3) is 0 Å². The van der Waals surface area contributed by atoms with Crippen molar-refractivity contribution in [3.05, 3.63) is 47.7 Å². The summed E-state index contributed by atoms with van der Waals surface area (Å²) >= 11 is 0. The zero-order valence-corrected chi connectivity index (χ0v) is 13.5. The highest BCUT2D eigenvalue weighted by atomic mass is 16.5. The molecule has 5 heteroatoms. The van der Waals surface area contributed by atoms with Crippen molar-refractivity contribution in [1.29, 1.82) is 0 Å². The van der Waals surface area contributed by atoms with Gasteiger partial charge in [-0.2, -0.15) is 0 Å². The van der Waals surface area contributed by atoms with Crippen molar-refractivity contribution in [3.8, 4) is 17.4 Å². The molecule has 0 aliphatic heterocycles. The molecule has 23 heavy (non-hydrogen) atoms. The largest absolute Gasteiger partial charge is 0.493 e. The second-order valence-corrected chi connectivity index (χ2v) is 5.70. The first-order chi connectivity index (χ1) is 11.2. The predicted molar refractivity (Wildman–Crippen MR) is 87.8 cm³/mol. The Kier molecular flexibility index (Phi) is 4.67. The summed E-state index contributed by atoms with van der Waals surface area (Å²) in [5.74, 6) is 2.56. The first-order valence-corrected chi connectivity index (χ1v) is 7.78. The number of rotatable bonds is 7. The van der Waals surface area contributed by atoms with Crippen LogP contribution in [-0.2, 0) is 6.54 Å². The molecule has 3 rings (SSSR count). The standard InChI is InChI=1S/C18H22N2O3/c1-21-16-9-12(10-19)3-7-15(16)23-18(13-4-5-13)14-6-8-17(22-2)20-11-14/h3,6-9,11,13,18H,4-5,10,19H2,1-2H3. The summed E-state index contributed by atoms with van der Waals surface area (Å²) < 4.78 is 16.8. The lowest BCUT2D eigenvalue weighted by molar-refractivity contribution is 0.173. The molecule has 1 unspecified atom stereocenters. The highest BCUT2D eigenvalue weighted by molar-refractivity contribution is 5.43. The molecule has 0 radical (unpaired) electrons. The third-order valence-electron chi connectivity index (χ3n) is 4.06. The molecular weight excluding hydrogens is 292 g/mol. The van der Waals surface area contributed by atoms with Gasteiger partial charge in [-0.25, -0.2) is 4.98 Å². The van der Waals surface area contributed by atoms with E-state index in [1.807, 2.05) is 36.5 Å². The van der Waals surface area contributed by atoms with Gasteiger partial charge in [-0.1, -0.05) is 6.07 Å². The number of pyridine rings is 1. The van der Waals surface area contributed by atoms with E-state index in [9.17, 15) is 0 Å². The van der Waals surface area contributed by atoms with Crippen LogP contribution in [0.5, 0.6) is 17.4 Å². The molecular formula is C18H22N2O3. The summed E-state index contributed by atoms with van der Waals surface area (Å²) in [6, 6.07) is 9.69. The van der Waals surface area contributed by atoms with E-state index >= 15 is 0 Å². The quantitative estimate of drug-likeness (QED) is 0.850. The number of benzene rings is 1. The number of hydrogen-bond donors (Lipinski definition) is 1. The Morgan fingerprint density at radius 1 is 1.13 bits per heavy atom. The minimum absolute atomic E-state index is 0.0222. The van der Waals surface area contributed by atoms with Crippen molar-refractivity contribution >= 4 is 0 Å². The second kappa shape index (κ2) is 6.87. The SMILES string of the molecule is COc1ccc(C(Oc2ccc(CN)cc2OC)C2CC2)cn1. The van der Waals surface area contributed by atoms with Crippen LogP contribution in [-0.4, -0.2) is 19.2 Å². The number of methoxy groups -OCH3 is 2. The maximum absolute atomic E-state index is 6.27. The molecule has 1 aromatic carbocycles. The molecule has 0 saturated heterocycles. The topological polar surface area (TPSA) is 66.6 Å². The average molecular weight is 314 g/mol. The van der Waals surface area contributed by atoms with Crippen LogP contribution in [0.1, 0.15) is 30.1 Å². The Morgan fingerprint density at radius 2 is 1.96 bits per heavy atom. The fraction of sp³-hybridized carbons (Fsp3) is 0.389. The van der Waals surface area contributed by atoms with Crippen LogP contribution in [0, 0.1) is 5.92 Å². The van der Waals surface area contributed by atoms with E-state index in [2.05, 4.69) is 4.98 Å². The predicted octanol–water partition coefficient (Wildman–Crippen LogP) is 3.09. The van der Waals surface area contributed by atoms with Gasteiger partial charge >= 0.3 is 0 Å². The molecule has 1 heterocycles. The molecule has 1 aromatic heterocycles. The van der Waals surface area contributed by atoms with Crippen LogP contribution in [0.2, 0.25) is 0 Å². The molecule has 2 aromatic rings. The monoisotopic (exact) mass is 314 g/mol. The van der Waals surface area contributed by atoms with Gasteiger partial charge in [0.25, 0.3) is 0 Å². The number of nitrogens with two attached hydrogens (primary N) is 1. The van der Waals surface area contributed by atoms with Crippen molar-refractivity contribution < 1.29 is 14.2 Å². The maximum Gasteiger partial charge on any atom is 0.212 e. The van der Waals surface area contributed by atoms with Gasteiger partial charge in [-0.05, 0) is 36.6 Å². The number of hydrogen-bond acceptors (Lipinski definition) is 5. The van der Waals surface area contributed by atoms with Crippen molar-refractivity contribution in [3.63, 3.8) is 0 Å². The van der Waals surface area contributed by atoms with Gasteiger partial charge in [-0.3, -0.25) is 0 Å². The number of aromatic nitrogens is 1. The first-order valence-electron chi connectivity index (χ1n) is 7.78. The summed E-state index contributed by atoms with van der Waals surface area (Å²) in [5.41, 5.74) is 7.76. The summed E-state index contributed by atoms with van der Waals surface area (Å²) in [7, 11) is 3.25. The Labute approximate surface area is 136 Å². The van der Waals surface area contributed by atoms with Crippen molar-refractivity contribution in [2.75, 3.05) is 14.2 Å². The van der Waals surface area contributed by atoms with E-state index in [0.29, 0.717) is 24.1 Å². The lowest BCUT2D eigenvalue weighted by atomic mass is 10.1. The van der Waals surface area contributed by atoms with Crippen molar-refractivity contribution in [1.82, 2.24) is 4.98 Å².